The summed E-state index contributed by atoms with van der Waals surface area (Å²) in [6, 6.07) is 9.86. The molecule has 1 unspecified atom stereocenters. The molecule has 1 saturated heterocycles. The van der Waals surface area contributed by atoms with Gasteiger partial charge in [0.25, 0.3) is 5.91 Å². The van der Waals surface area contributed by atoms with Gasteiger partial charge in [0.1, 0.15) is 28.3 Å². The highest BCUT2D eigenvalue weighted by atomic mass is 19.4. The van der Waals surface area contributed by atoms with E-state index in [1.807, 2.05) is 0 Å². The maximum atomic E-state index is 14.2. The number of carbonyl (C=O) groups excluding carboxylic acids is 2. The summed E-state index contributed by atoms with van der Waals surface area (Å²) in [6.07, 6.45) is -3.83. The van der Waals surface area contributed by atoms with E-state index in [1.165, 1.54) is 42.3 Å². The molecule has 0 radical (unpaired) electrons. The summed E-state index contributed by atoms with van der Waals surface area (Å²) in [6.45, 7) is 3.54. The van der Waals surface area contributed by atoms with Crippen molar-refractivity contribution in [2.75, 3.05) is 20.3 Å². The zero-order chi connectivity index (χ0) is 31.8. The molecule has 2 aromatic carbocycles. The third-order valence-electron chi connectivity index (χ3n) is 7.63. The molecule has 2 N–H and O–H groups in total. The highest BCUT2D eigenvalue weighted by molar-refractivity contribution is 6.00. The molecule has 0 spiro atoms. The predicted molar refractivity (Wildman–Crippen MR) is 151 cm³/mol. The first-order valence-electron chi connectivity index (χ1n) is 13.9. The van der Waals surface area contributed by atoms with Crippen molar-refractivity contribution in [1.29, 1.82) is 0 Å². The molecule has 44 heavy (non-hydrogen) atoms. The third-order valence-corrected chi connectivity index (χ3v) is 7.63. The van der Waals surface area contributed by atoms with Gasteiger partial charge in [0.05, 0.1) is 19.8 Å². The normalized spacial score (nSPS) is 17.6. The molecule has 4 aromatic rings. The number of oxazole rings is 1. The number of hydrogen-bond donors (Lipinski definition) is 1. The number of ether oxygens (including phenoxy) is 2. The molecule has 1 aliphatic rings. The molecule has 0 saturated carbocycles. The number of nitrogens with zero attached hydrogens (tertiary/aromatic N) is 3. The standard InChI is InChI=1S/C31H30F4N4O5/c1-4-43-29(41)30(16-18-6-8-19(32)9-7-18)14-5-15-39(30)28(40)25-26(17(2)36)44-27(38-25)21-10-12-22(42-3)24-20(21)11-13-23(37-24)31(33,34)35/h6-13,17H,4-5,14-16,36H2,1-3H3/t17-,30?/m0/s1. The van der Waals surface area contributed by atoms with E-state index in [0.29, 0.717) is 18.4 Å². The predicted octanol–water partition coefficient (Wildman–Crippen LogP) is 5.86. The number of fused-ring (bicyclic) bond motifs is 1. The number of pyridine rings is 1. The number of halogens is 4. The molecule has 2 atom stereocenters. The second-order valence-electron chi connectivity index (χ2n) is 10.5. The maximum Gasteiger partial charge on any atom is 0.433 e. The summed E-state index contributed by atoms with van der Waals surface area (Å²) in [5.74, 6) is -1.62. The lowest BCUT2D eigenvalue weighted by atomic mass is 9.87. The van der Waals surface area contributed by atoms with Crippen LogP contribution in [0.25, 0.3) is 22.4 Å². The molecule has 2 aromatic heterocycles. The number of esters is 1. The van der Waals surface area contributed by atoms with Gasteiger partial charge >= 0.3 is 12.1 Å². The van der Waals surface area contributed by atoms with Gasteiger partial charge in [-0.2, -0.15) is 13.2 Å². The van der Waals surface area contributed by atoms with E-state index in [9.17, 15) is 27.2 Å². The van der Waals surface area contributed by atoms with Gasteiger partial charge in [0.2, 0.25) is 5.89 Å². The number of alkyl halides is 3. The summed E-state index contributed by atoms with van der Waals surface area (Å²) < 4.78 is 70.6. The largest absolute Gasteiger partial charge is 0.494 e. The van der Waals surface area contributed by atoms with Crippen LogP contribution in [0.3, 0.4) is 0 Å². The Morgan fingerprint density at radius 3 is 2.48 bits per heavy atom. The number of likely N-dealkylation sites (tertiary alicyclic amines) is 1. The van der Waals surface area contributed by atoms with E-state index in [1.54, 1.807) is 26.0 Å². The summed E-state index contributed by atoms with van der Waals surface area (Å²) in [5.41, 5.74) is 4.35. The third kappa shape index (κ3) is 5.59. The van der Waals surface area contributed by atoms with Crippen molar-refractivity contribution in [3.8, 4) is 17.2 Å². The molecule has 3 heterocycles. The first-order chi connectivity index (χ1) is 20.9. The van der Waals surface area contributed by atoms with Crippen molar-refractivity contribution in [3.63, 3.8) is 0 Å². The Balaban J connectivity index is 1.61. The number of benzene rings is 2. The fourth-order valence-corrected chi connectivity index (χ4v) is 5.59. The Hall–Kier alpha value is -4.52. The van der Waals surface area contributed by atoms with Crippen molar-refractivity contribution < 1.29 is 41.0 Å². The molecule has 5 rings (SSSR count). The molecule has 0 bridgehead atoms. The van der Waals surface area contributed by atoms with Gasteiger partial charge in [-0.25, -0.2) is 19.2 Å². The number of aromatic nitrogens is 2. The van der Waals surface area contributed by atoms with Crippen molar-refractivity contribution in [1.82, 2.24) is 14.9 Å². The molecule has 13 heteroatoms. The summed E-state index contributed by atoms with van der Waals surface area (Å²) in [5, 5.41) is 0.243. The highest BCUT2D eigenvalue weighted by Crippen LogP contribution is 2.40. The Kier molecular flexibility index (Phi) is 8.34. The van der Waals surface area contributed by atoms with Crippen LogP contribution in [0.5, 0.6) is 5.75 Å². The van der Waals surface area contributed by atoms with E-state index < -0.39 is 41.1 Å². The van der Waals surface area contributed by atoms with Crippen molar-refractivity contribution >= 4 is 22.8 Å². The van der Waals surface area contributed by atoms with E-state index in [4.69, 9.17) is 19.6 Å². The maximum absolute atomic E-state index is 14.2. The van der Waals surface area contributed by atoms with Gasteiger partial charge in [-0.05, 0) is 68.7 Å². The fourth-order valence-electron chi connectivity index (χ4n) is 5.59. The molecule has 1 amide bonds. The van der Waals surface area contributed by atoms with Gasteiger partial charge < -0.3 is 24.5 Å². The Labute approximate surface area is 250 Å². The summed E-state index contributed by atoms with van der Waals surface area (Å²) >= 11 is 0. The topological polar surface area (TPSA) is 121 Å². The van der Waals surface area contributed by atoms with Crippen LogP contribution >= 0.6 is 0 Å². The average molecular weight is 615 g/mol. The number of amides is 1. The van der Waals surface area contributed by atoms with Crippen LogP contribution in [0.1, 0.15) is 60.2 Å². The number of nitrogens with two attached hydrogens (primary N) is 1. The lowest BCUT2D eigenvalue weighted by Gasteiger charge is -2.36. The lowest BCUT2D eigenvalue weighted by molar-refractivity contribution is -0.154. The van der Waals surface area contributed by atoms with Crippen LogP contribution in [-0.2, 0) is 22.1 Å². The van der Waals surface area contributed by atoms with Crippen LogP contribution in [0, 0.1) is 5.82 Å². The number of hydrogen-bond acceptors (Lipinski definition) is 8. The minimum atomic E-state index is -4.69. The van der Waals surface area contributed by atoms with E-state index in [2.05, 4.69) is 9.97 Å². The molecule has 1 fully saturated rings. The smallest absolute Gasteiger partial charge is 0.433 e. The Morgan fingerprint density at radius 1 is 1.11 bits per heavy atom. The number of carbonyl (C=O) groups is 2. The zero-order valence-electron chi connectivity index (χ0n) is 24.2. The molecule has 1 aliphatic heterocycles. The first-order valence-corrected chi connectivity index (χ1v) is 13.9. The molecule has 0 aliphatic carbocycles. The van der Waals surface area contributed by atoms with Crippen LogP contribution in [0.15, 0.2) is 52.9 Å². The highest BCUT2D eigenvalue weighted by Gasteiger charge is 2.52. The van der Waals surface area contributed by atoms with E-state index >= 15 is 0 Å². The zero-order valence-corrected chi connectivity index (χ0v) is 24.2. The molecule has 232 valence electrons. The van der Waals surface area contributed by atoms with E-state index in [-0.39, 0.29) is 59.1 Å². The monoisotopic (exact) mass is 614 g/mol. The number of methoxy groups -OCH3 is 1. The average Bonchev–Trinajstić information content (AvgIpc) is 3.63. The lowest BCUT2D eigenvalue weighted by Crippen LogP contribution is -2.55. The van der Waals surface area contributed by atoms with Gasteiger partial charge in [-0.15, -0.1) is 0 Å². The van der Waals surface area contributed by atoms with Gasteiger partial charge in [0.15, 0.2) is 11.5 Å². The Bertz CT molecular complexity index is 1700. The molecule has 9 nitrogen and oxygen atoms in total. The van der Waals surface area contributed by atoms with Crippen LogP contribution < -0.4 is 10.5 Å². The van der Waals surface area contributed by atoms with Crippen molar-refractivity contribution in [2.24, 2.45) is 5.73 Å². The van der Waals surface area contributed by atoms with Gasteiger partial charge in [-0.1, -0.05) is 12.1 Å². The van der Waals surface area contributed by atoms with Crippen LogP contribution in [0.4, 0.5) is 17.6 Å². The van der Waals surface area contributed by atoms with Crippen LogP contribution in [0.2, 0.25) is 0 Å². The fraction of sp³-hybridized carbons (Fsp3) is 0.355. The summed E-state index contributed by atoms with van der Waals surface area (Å²) in [7, 11) is 1.31. The quantitative estimate of drug-likeness (QED) is 0.194. The second-order valence-corrected chi connectivity index (χ2v) is 10.5. The summed E-state index contributed by atoms with van der Waals surface area (Å²) in [4.78, 5) is 37.4. The van der Waals surface area contributed by atoms with Crippen molar-refractivity contribution in [2.45, 2.75) is 50.9 Å². The molecular weight excluding hydrogens is 584 g/mol. The van der Waals surface area contributed by atoms with Crippen LogP contribution in [-0.4, -0.2) is 52.5 Å². The van der Waals surface area contributed by atoms with Gasteiger partial charge in [0, 0.05) is 23.9 Å². The van der Waals surface area contributed by atoms with Gasteiger partial charge in [-0.3, -0.25) is 4.79 Å². The van der Waals surface area contributed by atoms with Crippen molar-refractivity contribution in [3.05, 3.63) is 77.1 Å². The minimum Gasteiger partial charge on any atom is -0.494 e. The SMILES string of the molecule is CCOC(=O)C1(Cc2ccc(F)cc2)CCCN1C(=O)c1nc(-c2ccc(OC)c3nc(C(F)(F)F)ccc23)oc1[C@H](C)N. The first kappa shape index (κ1) is 30.9. The second kappa shape index (κ2) is 11.9. The molecular formula is C31H30F4N4O5. The minimum absolute atomic E-state index is 0.0280. The number of rotatable bonds is 8. The van der Waals surface area contributed by atoms with E-state index in [0.717, 1.165) is 6.07 Å². The Morgan fingerprint density at radius 2 is 1.84 bits per heavy atom.